The normalized spacial score (nSPS) is 12.2. The van der Waals surface area contributed by atoms with Gasteiger partial charge in [-0.05, 0) is 47.5 Å². The second-order valence-corrected chi connectivity index (χ2v) is 6.65. The first-order valence-corrected chi connectivity index (χ1v) is 7.44. The standard InChI is InChI=1S/C14H14BrNO2S/c1-8-7-12(19-13(8)15)14(18)16-11-6-4-3-5-10(11)9(2)17/h3-7,9,17H,1-2H3,(H,16,18). The van der Waals surface area contributed by atoms with E-state index < -0.39 is 6.10 Å². The number of hydrogen-bond donors (Lipinski definition) is 2. The number of hydrogen-bond acceptors (Lipinski definition) is 3. The number of carbonyl (C=O) groups is 1. The van der Waals surface area contributed by atoms with Crippen molar-refractivity contribution < 1.29 is 9.90 Å². The predicted molar refractivity (Wildman–Crippen MR) is 81.8 cm³/mol. The first-order chi connectivity index (χ1) is 8.99. The van der Waals surface area contributed by atoms with Crippen molar-refractivity contribution in [2.75, 3.05) is 5.32 Å². The summed E-state index contributed by atoms with van der Waals surface area (Å²) in [5, 5.41) is 12.5. The molecule has 5 heteroatoms. The van der Waals surface area contributed by atoms with E-state index in [0.717, 1.165) is 9.35 Å². The molecule has 0 aliphatic rings. The summed E-state index contributed by atoms with van der Waals surface area (Å²) in [7, 11) is 0. The number of aryl methyl sites for hydroxylation is 1. The number of benzene rings is 1. The molecule has 0 fully saturated rings. The SMILES string of the molecule is Cc1cc(C(=O)Nc2ccccc2C(C)O)sc1Br. The van der Waals surface area contributed by atoms with Crippen molar-refractivity contribution in [2.24, 2.45) is 0 Å². The molecule has 1 atom stereocenters. The van der Waals surface area contributed by atoms with Crippen LogP contribution in [0.25, 0.3) is 0 Å². The zero-order valence-electron chi connectivity index (χ0n) is 10.6. The molecule has 1 amide bonds. The fraction of sp³-hybridized carbons (Fsp3) is 0.214. The van der Waals surface area contributed by atoms with Gasteiger partial charge in [0.15, 0.2) is 0 Å². The summed E-state index contributed by atoms with van der Waals surface area (Å²) in [5.41, 5.74) is 2.40. The van der Waals surface area contributed by atoms with E-state index in [-0.39, 0.29) is 5.91 Å². The number of thiophene rings is 1. The number of rotatable bonds is 3. The highest BCUT2D eigenvalue weighted by Gasteiger charge is 2.14. The van der Waals surface area contributed by atoms with Crippen LogP contribution >= 0.6 is 27.3 Å². The minimum atomic E-state index is -0.617. The lowest BCUT2D eigenvalue weighted by Crippen LogP contribution is -2.12. The van der Waals surface area contributed by atoms with Crippen LogP contribution in [0.15, 0.2) is 34.1 Å². The molecule has 2 aromatic rings. The van der Waals surface area contributed by atoms with Gasteiger partial charge in [-0.15, -0.1) is 11.3 Å². The van der Waals surface area contributed by atoms with Crippen LogP contribution in [-0.2, 0) is 0 Å². The molecular weight excluding hydrogens is 326 g/mol. The number of para-hydroxylation sites is 1. The molecule has 2 rings (SSSR count). The van der Waals surface area contributed by atoms with Gasteiger partial charge in [-0.25, -0.2) is 0 Å². The van der Waals surface area contributed by atoms with Crippen molar-refractivity contribution in [3.05, 3.63) is 50.1 Å². The quantitative estimate of drug-likeness (QED) is 0.883. The first kappa shape index (κ1) is 14.2. The summed E-state index contributed by atoms with van der Waals surface area (Å²) in [6, 6.07) is 9.10. The molecule has 0 saturated heterocycles. The highest BCUT2D eigenvalue weighted by Crippen LogP contribution is 2.29. The van der Waals surface area contributed by atoms with Crippen LogP contribution in [0.5, 0.6) is 0 Å². The lowest BCUT2D eigenvalue weighted by Gasteiger charge is -2.12. The van der Waals surface area contributed by atoms with Crippen LogP contribution in [0.4, 0.5) is 5.69 Å². The summed E-state index contributed by atoms with van der Waals surface area (Å²) < 4.78 is 0.960. The van der Waals surface area contributed by atoms with Crippen LogP contribution in [0, 0.1) is 6.92 Å². The Morgan fingerprint density at radius 2 is 2.11 bits per heavy atom. The van der Waals surface area contributed by atoms with Gasteiger partial charge in [-0.3, -0.25) is 4.79 Å². The van der Waals surface area contributed by atoms with E-state index in [1.165, 1.54) is 11.3 Å². The summed E-state index contributed by atoms with van der Waals surface area (Å²) in [6.45, 7) is 3.62. The molecule has 3 nitrogen and oxygen atoms in total. The molecule has 0 aliphatic heterocycles. The van der Waals surface area contributed by atoms with Gasteiger partial charge < -0.3 is 10.4 Å². The van der Waals surface area contributed by atoms with Gasteiger partial charge in [0.25, 0.3) is 5.91 Å². The zero-order valence-corrected chi connectivity index (χ0v) is 13.0. The fourth-order valence-electron chi connectivity index (χ4n) is 1.73. The van der Waals surface area contributed by atoms with Crippen molar-refractivity contribution in [2.45, 2.75) is 20.0 Å². The molecular formula is C14H14BrNO2S. The number of carbonyl (C=O) groups excluding carboxylic acids is 1. The van der Waals surface area contributed by atoms with E-state index in [1.807, 2.05) is 25.1 Å². The van der Waals surface area contributed by atoms with Gasteiger partial charge in [0.05, 0.1) is 14.8 Å². The van der Waals surface area contributed by atoms with E-state index in [1.54, 1.807) is 19.1 Å². The summed E-state index contributed by atoms with van der Waals surface area (Å²) in [6.07, 6.45) is -0.617. The van der Waals surface area contributed by atoms with Crippen molar-refractivity contribution in [3.63, 3.8) is 0 Å². The number of halogens is 1. The largest absolute Gasteiger partial charge is 0.389 e. The summed E-state index contributed by atoms with van der Waals surface area (Å²) in [5.74, 6) is -0.160. The third-order valence-electron chi connectivity index (χ3n) is 2.74. The Balaban J connectivity index is 2.24. The van der Waals surface area contributed by atoms with Crippen molar-refractivity contribution in [3.8, 4) is 0 Å². The van der Waals surface area contributed by atoms with E-state index >= 15 is 0 Å². The maximum absolute atomic E-state index is 12.2. The Kier molecular flexibility index (Phi) is 4.39. The predicted octanol–water partition coefficient (Wildman–Crippen LogP) is 4.12. The number of nitrogens with one attached hydrogen (secondary N) is 1. The Bertz CT molecular complexity index is 588. The van der Waals surface area contributed by atoms with Crippen LogP contribution in [-0.4, -0.2) is 11.0 Å². The molecule has 0 bridgehead atoms. The molecule has 1 unspecified atom stereocenters. The average Bonchev–Trinajstić information content (AvgIpc) is 2.70. The Hall–Kier alpha value is -1.17. The first-order valence-electron chi connectivity index (χ1n) is 5.83. The molecule has 0 aliphatic carbocycles. The van der Waals surface area contributed by atoms with Crippen LogP contribution in [0.3, 0.4) is 0 Å². The van der Waals surface area contributed by atoms with Gasteiger partial charge in [-0.2, -0.15) is 0 Å². The smallest absolute Gasteiger partial charge is 0.265 e. The molecule has 1 aromatic heterocycles. The molecule has 1 heterocycles. The molecule has 0 saturated carbocycles. The maximum atomic E-state index is 12.2. The highest BCUT2D eigenvalue weighted by atomic mass is 79.9. The maximum Gasteiger partial charge on any atom is 0.265 e. The monoisotopic (exact) mass is 339 g/mol. The third-order valence-corrected chi connectivity index (χ3v) is 4.88. The molecule has 19 heavy (non-hydrogen) atoms. The number of amides is 1. The lowest BCUT2D eigenvalue weighted by molar-refractivity contribution is 0.103. The molecule has 0 spiro atoms. The Morgan fingerprint density at radius 3 is 2.68 bits per heavy atom. The Labute approximate surface area is 124 Å². The van der Waals surface area contributed by atoms with Crippen molar-refractivity contribution >= 4 is 38.9 Å². The van der Waals surface area contributed by atoms with Crippen molar-refractivity contribution in [1.29, 1.82) is 0 Å². The molecule has 100 valence electrons. The average molecular weight is 340 g/mol. The topological polar surface area (TPSA) is 49.3 Å². The number of aliphatic hydroxyl groups excluding tert-OH is 1. The minimum Gasteiger partial charge on any atom is -0.389 e. The van der Waals surface area contributed by atoms with Crippen LogP contribution in [0.1, 0.15) is 33.8 Å². The van der Waals surface area contributed by atoms with Gasteiger partial charge in [0.2, 0.25) is 0 Å². The number of aliphatic hydroxyl groups is 1. The minimum absolute atomic E-state index is 0.160. The van der Waals surface area contributed by atoms with Crippen molar-refractivity contribution in [1.82, 2.24) is 0 Å². The fourth-order valence-corrected chi connectivity index (χ4v) is 3.16. The van der Waals surface area contributed by atoms with E-state index in [0.29, 0.717) is 16.1 Å². The second-order valence-electron chi connectivity index (χ2n) is 4.28. The van der Waals surface area contributed by atoms with E-state index in [4.69, 9.17) is 0 Å². The lowest BCUT2D eigenvalue weighted by atomic mass is 10.1. The second kappa shape index (κ2) is 5.86. The van der Waals surface area contributed by atoms with Gasteiger partial charge >= 0.3 is 0 Å². The zero-order chi connectivity index (χ0) is 14.0. The van der Waals surface area contributed by atoms with Gasteiger partial charge in [0.1, 0.15) is 0 Å². The summed E-state index contributed by atoms with van der Waals surface area (Å²) >= 11 is 4.80. The summed E-state index contributed by atoms with van der Waals surface area (Å²) in [4.78, 5) is 12.8. The van der Waals surface area contributed by atoms with Gasteiger partial charge in [-0.1, -0.05) is 18.2 Å². The third kappa shape index (κ3) is 3.23. The molecule has 2 N–H and O–H groups in total. The number of anilines is 1. The molecule has 0 radical (unpaired) electrons. The molecule has 1 aromatic carbocycles. The highest BCUT2D eigenvalue weighted by molar-refractivity contribution is 9.11. The van der Waals surface area contributed by atoms with Gasteiger partial charge in [0, 0.05) is 11.3 Å². The van der Waals surface area contributed by atoms with E-state index in [2.05, 4.69) is 21.2 Å². The Morgan fingerprint density at radius 1 is 1.42 bits per heavy atom. The van der Waals surface area contributed by atoms with Crippen LogP contribution < -0.4 is 5.32 Å². The van der Waals surface area contributed by atoms with E-state index in [9.17, 15) is 9.90 Å². The van der Waals surface area contributed by atoms with Crippen LogP contribution in [0.2, 0.25) is 0 Å².